The van der Waals surface area contributed by atoms with E-state index in [-0.39, 0.29) is 48.7 Å². The van der Waals surface area contributed by atoms with Gasteiger partial charge in [0.1, 0.15) is 17.0 Å². The minimum Gasteiger partial charge on any atom is -0.375 e. The highest BCUT2D eigenvalue weighted by Crippen LogP contribution is 2.27. The number of nitrogens with one attached hydrogen (secondary N) is 3. The summed E-state index contributed by atoms with van der Waals surface area (Å²) in [5.41, 5.74) is 1.08. The Balaban J connectivity index is 1.22. The van der Waals surface area contributed by atoms with Crippen molar-refractivity contribution in [2.45, 2.75) is 49.8 Å². The molecule has 2 unspecified atom stereocenters. The number of para-hydroxylation sites is 1. The Kier molecular flexibility index (Phi) is 7.26. The number of anilines is 2. The second-order valence-electron chi connectivity index (χ2n) is 9.61. The van der Waals surface area contributed by atoms with Crippen molar-refractivity contribution in [3.8, 4) is 0 Å². The predicted molar refractivity (Wildman–Crippen MR) is 139 cm³/mol. The van der Waals surface area contributed by atoms with Gasteiger partial charge in [-0.25, -0.2) is 18.4 Å². The van der Waals surface area contributed by atoms with Gasteiger partial charge in [0.2, 0.25) is 15.9 Å². The fraction of sp³-hybridized carbons (Fsp3) is 0.500. The summed E-state index contributed by atoms with van der Waals surface area (Å²) in [6.07, 6.45) is 4.59. The average molecular weight is 529 g/mol. The minimum absolute atomic E-state index is 0.0432. The van der Waals surface area contributed by atoms with Crippen LogP contribution in [0.25, 0.3) is 11.0 Å². The first kappa shape index (κ1) is 25.4. The normalized spacial score (nSPS) is 23.2. The number of benzene rings is 1. The Morgan fingerprint density at radius 2 is 1.95 bits per heavy atom. The number of amides is 1. The summed E-state index contributed by atoms with van der Waals surface area (Å²) in [4.78, 5) is 23.8. The van der Waals surface area contributed by atoms with Gasteiger partial charge in [-0.3, -0.25) is 9.89 Å². The molecular weight excluding hydrogens is 496 g/mol. The van der Waals surface area contributed by atoms with Crippen molar-refractivity contribution in [2.75, 3.05) is 42.9 Å². The van der Waals surface area contributed by atoms with E-state index >= 15 is 0 Å². The molecule has 3 N–H and O–H groups in total. The zero-order chi connectivity index (χ0) is 26.0. The van der Waals surface area contributed by atoms with E-state index in [4.69, 9.17) is 4.74 Å². The van der Waals surface area contributed by atoms with E-state index < -0.39 is 10.0 Å². The molecule has 3 atom stereocenters. The molecule has 1 amide bonds. The summed E-state index contributed by atoms with van der Waals surface area (Å²) >= 11 is 0. The second-order valence-corrected chi connectivity index (χ2v) is 11.5. The topological polar surface area (TPSA) is 145 Å². The lowest BCUT2D eigenvalue weighted by molar-refractivity contribution is -0.120. The van der Waals surface area contributed by atoms with E-state index in [0.717, 1.165) is 30.6 Å². The maximum absolute atomic E-state index is 13.4. The van der Waals surface area contributed by atoms with Gasteiger partial charge in [0.15, 0.2) is 5.65 Å². The highest BCUT2D eigenvalue weighted by atomic mass is 32.2. The van der Waals surface area contributed by atoms with Gasteiger partial charge >= 0.3 is 0 Å². The van der Waals surface area contributed by atoms with E-state index in [2.05, 4.69) is 35.7 Å². The van der Waals surface area contributed by atoms with Gasteiger partial charge in [-0.15, -0.1) is 0 Å². The summed E-state index contributed by atoms with van der Waals surface area (Å²) in [6.45, 7) is 5.70. The third-order valence-electron chi connectivity index (χ3n) is 6.64. The maximum atomic E-state index is 13.4. The third-order valence-corrected chi connectivity index (χ3v) is 8.53. The lowest BCUT2D eigenvalue weighted by Crippen LogP contribution is -2.49. The number of hydrogen-bond acceptors (Lipinski definition) is 9. The molecule has 0 saturated carbocycles. The highest BCUT2D eigenvalue weighted by molar-refractivity contribution is 7.89. The van der Waals surface area contributed by atoms with Crippen molar-refractivity contribution >= 4 is 38.5 Å². The molecule has 2 aliphatic rings. The number of nitrogens with zero attached hydrogens (tertiary/aromatic N) is 5. The van der Waals surface area contributed by atoms with Crippen molar-refractivity contribution in [3.63, 3.8) is 0 Å². The van der Waals surface area contributed by atoms with Crippen LogP contribution < -0.4 is 15.5 Å². The number of hydrogen-bond donors (Lipinski definition) is 3. The van der Waals surface area contributed by atoms with Gasteiger partial charge in [-0.2, -0.15) is 9.40 Å². The number of fused-ring (bicyclic) bond motifs is 1. The van der Waals surface area contributed by atoms with Crippen LogP contribution in [0.4, 0.5) is 11.5 Å². The number of H-pyrrole nitrogens is 1. The molecular formula is C24H32N8O4S. The lowest BCUT2D eigenvalue weighted by Gasteiger charge is -2.35. The SMILES string of the molecule is CC1CN(S(=O)(=O)c2ccccc2NCC(=O)N[C@@H]2CCCN(c3ncnc4[nH]ncc34)C2)CC(C)O1. The summed E-state index contributed by atoms with van der Waals surface area (Å²) in [5, 5.41) is 13.9. The zero-order valence-corrected chi connectivity index (χ0v) is 21.7. The van der Waals surface area contributed by atoms with Gasteiger partial charge in [0.25, 0.3) is 0 Å². The molecule has 2 aromatic heterocycles. The number of morpholine rings is 1. The Morgan fingerprint density at radius 3 is 2.76 bits per heavy atom. The van der Waals surface area contributed by atoms with Gasteiger partial charge < -0.3 is 20.3 Å². The fourth-order valence-electron chi connectivity index (χ4n) is 5.05. The first-order chi connectivity index (χ1) is 17.8. The molecule has 2 aliphatic heterocycles. The van der Waals surface area contributed by atoms with Gasteiger partial charge in [-0.05, 0) is 38.8 Å². The maximum Gasteiger partial charge on any atom is 0.245 e. The molecule has 2 saturated heterocycles. The van der Waals surface area contributed by atoms with Crippen molar-refractivity contribution in [1.82, 2.24) is 29.8 Å². The van der Waals surface area contributed by atoms with E-state index in [1.807, 2.05) is 13.8 Å². The number of rotatable bonds is 7. The molecule has 37 heavy (non-hydrogen) atoms. The molecule has 13 heteroatoms. The van der Waals surface area contributed by atoms with Crippen LogP contribution in [0.3, 0.4) is 0 Å². The highest BCUT2D eigenvalue weighted by Gasteiger charge is 2.33. The fourth-order valence-corrected chi connectivity index (χ4v) is 6.81. The Bertz CT molecular complexity index is 1350. The van der Waals surface area contributed by atoms with Crippen molar-refractivity contribution in [3.05, 3.63) is 36.8 Å². The average Bonchev–Trinajstić information content (AvgIpc) is 3.36. The quantitative estimate of drug-likeness (QED) is 0.414. The third kappa shape index (κ3) is 5.53. The standard InChI is InChI=1S/C24H32N8O4S/c1-16-12-32(13-17(2)36-16)37(34,35)21-8-4-3-7-20(21)25-11-22(33)29-18-6-5-9-31(14-18)24-19-10-28-30-23(19)26-15-27-24/h3-4,7-8,10,15-18,25H,5-6,9,11-14H2,1-2H3,(H,29,33)(H,26,27,28,30)/t16?,17?,18-/m1/s1. The lowest BCUT2D eigenvalue weighted by atomic mass is 10.1. The number of aromatic nitrogens is 4. The summed E-state index contributed by atoms with van der Waals surface area (Å²) in [6, 6.07) is 6.63. The van der Waals surface area contributed by atoms with E-state index in [1.54, 1.807) is 30.5 Å². The van der Waals surface area contributed by atoms with Crippen LogP contribution in [0.5, 0.6) is 0 Å². The molecule has 0 bridgehead atoms. The Morgan fingerprint density at radius 1 is 1.16 bits per heavy atom. The number of aromatic amines is 1. The molecule has 1 aromatic carbocycles. The van der Waals surface area contributed by atoms with Crippen LogP contribution in [0.2, 0.25) is 0 Å². The van der Waals surface area contributed by atoms with Gasteiger partial charge in [0, 0.05) is 32.2 Å². The molecule has 4 heterocycles. The van der Waals surface area contributed by atoms with Crippen LogP contribution in [0.1, 0.15) is 26.7 Å². The molecule has 5 rings (SSSR count). The first-order valence-corrected chi connectivity index (χ1v) is 13.9. The largest absolute Gasteiger partial charge is 0.375 e. The Labute approximate surface area is 215 Å². The minimum atomic E-state index is -3.75. The number of piperidine rings is 1. The Hall–Kier alpha value is -3.29. The second kappa shape index (κ2) is 10.6. The summed E-state index contributed by atoms with van der Waals surface area (Å²) in [5.74, 6) is 0.588. The molecule has 2 fully saturated rings. The smallest absolute Gasteiger partial charge is 0.245 e. The van der Waals surface area contributed by atoms with Crippen LogP contribution in [-0.2, 0) is 19.6 Å². The number of carbonyl (C=O) groups excluding carboxylic acids is 1. The zero-order valence-electron chi connectivity index (χ0n) is 20.9. The van der Waals surface area contributed by atoms with E-state index in [1.165, 1.54) is 10.6 Å². The molecule has 0 aliphatic carbocycles. The van der Waals surface area contributed by atoms with Crippen molar-refractivity contribution in [1.29, 1.82) is 0 Å². The van der Waals surface area contributed by atoms with E-state index in [0.29, 0.717) is 17.9 Å². The van der Waals surface area contributed by atoms with Crippen molar-refractivity contribution < 1.29 is 17.9 Å². The number of sulfonamides is 1. The number of ether oxygens (including phenoxy) is 1. The molecule has 12 nitrogen and oxygen atoms in total. The van der Waals surface area contributed by atoms with Gasteiger partial charge in [0.05, 0.1) is 36.0 Å². The van der Waals surface area contributed by atoms with Crippen LogP contribution in [-0.4, -0.2) is 89.8 Å². The molecule has 0 spiro atoms. The summed E-state index contributed by atoms with van der Waals surface area (Å²) in [7, 11) is -3.75. The van der Waals surface area contributed by atoms with E-state index in [9.17, 15) is 13.2 Å². The van der Waals surface area contributed by atoms with Crippen LogP contribution >= 0.6 is 0 Å². The molecule has 198 valence electrons. The first-order valence-electron chi connectivity index (χ1n) is 12.5. The van der Waals surface area contributed by atoms with Gasteiger partial charge in [-0.1, -0.05) is 12.1 Å². The predicted octanol–water partition coefficient (Wildman–Crippen LogP) is 1.35. The van der Waals surface area contributed by atoms with Crippen LogP contribution in [0.15, 0.2) is 41.7 Å². The summed E-state index contributed by atoms with van der Waals surface area (Å²) < 4.78 is 34.0. The number of carbonyl (C=O) groups is 1. The van der Waals surface area contributed by atoms with Crippen LogP contribution in [0, 0.1) is 0 Å². The molecule has 3 aromatic rings. The molecule has 0 radical (unpaired) electrons. The van der Waals surface area contributed by atoms with Crippen molar-refractivity contribution in [2.24, 2.45) is 0 Å². The monoisotopic (exact) mass is 528 g/mol.